The average Bonchev–Trinajstić information content (AvgIpc) is 2.30. The summed E-state index contributed by atoms with van der Waals surface area (Å²) in [7, 11) is 0. The highest BCUT2D eigenvalue weighted by molar-refractivity contribution is 6.30. The Morgan fingerprint density at radius 3 is 2.33 bits per heavy atom. The molecule has 0 aliphatic heterocycles. The molecule has 2 rings (SSSR count). The third-order valence-corrected chi connectivity index (χ3v) is 2.42. The van der Waals surface area contributed by atoms with E-state index < -0.39 is 0 Å². The van der Waals surface area contributed by atoms with Crippen molar-refractivity contribution in [2.24, 2.45) is 0 Å². The van der Waals surface area contributed by atoms with Crippen LogP contribution in [0, 0.1) is 11.3 Å². The fourth-order valence-electron chi connectivity index (χ4n) is 1.41. The van der Waals surface area contributed by atoms with Crippen LogP contribution in [0.2, 0.25) is 5.02 Å². The van der Waals surface area contributed by atoms with Crippen LogP contribution in [0.1, 0.15) is 5.56 Å². The van der Waals surface area contributed by atoms with Crippen LogP contribution in [0.5, 0.6) is 0 Å². The SMILES string of the molecule is N#Cc1cccc(-c2ccc(Cl)cc2)c1. The van der Waals surface area contributed by atoms with Gasteiger partial charge in [0.15, 0.2) is 0 Å². The maximum atomic E-state index is 8.78. The molecule has 0 radical (unpaired) electrons. The van der Waals surface area contributed by atoms with Gasteiger partial charge in [-0.1, -0.05) is 35.9 Å². The van der Waals surface area contributed by atoms with Gasteiger partial charge >= 0.3 is 0 Å². The zero-order chi connectivity index (χ0) is 10.7. The third kappa shape index (κ3) is 2.18. The Hall–Kier alpha value is -1.78. The van der Waals surface area contributed by atoms with Crippen molar-refractivity contribution in [1.29, 1.82) is 5.26 Å². The number of rotatable bonds is 1. The summed E-state index contributed by atoms with van der Waals surface area (Å²) in [4.78, 5) is 0. The molecular formula is C13H8ClN. The summed E-state index contributed by atoms with van der Waals surface area (Å²) in [6, 6.07) is 17.2. The lowest BCUT2D eigenvalue weighted by atomic mass is 10.0. The zero-order valence-corrected chi connectivity index (χ0v) is 8.70. The van der Waals surface area contributed by atoms with E-state index in [1.165, 1.54) is 0 Å². The van der Waals surface area contributed by atoms with Crippen molar-refractivity contribution in [2.45, 2.75) is 0 Å². The summed E-state index contributed by atoms with van der Waals surface area (Å²) in [6.07, 6.45) is 0. The molecule has 0 heterocycles. The lowest BCUT2D eigenvalue weighted by molar-refractivity contribution is 1.48. The molecule has 0 saturated heterocycles. The predicted octanol–water partition coefficient (Wildman–Crippen LogP) is 3.88. The van der Waals surface area contributed by atoms with Crippen LogP contribution in [0.3, 0.4) is 0 Å². The number of nitrogens with zero attached hydrogens (tertiary/aromatic N) is 1. The molecule has 0 aliphatic rings. The van der Waals surface area contributed by atoms with Crippen LogP contribution in [0.25, 0.3) is 11.1 Å². The van der Waals surface area contributed by atoms with Crippen molar-refractivity contribution in [3.05, 3.63) is 59.1 Å². The number of hydrogen-bond acceptors (Lipinski definition) is 1. The Labute approximate surface area is 93.5 Å². The van der Waals surface area contributed by atoms with Gasteiger partial charge in [0.05, 0.1) is 11.6 Å². The first-order valence-electron chi connectivity index (χ1n) is 4.56. The van der Waals surface area contributed by atoms with Crippen molar-refractivity contribution in [1.82, 2.24) is 0 Å². The van der Waals surface area contributed by atoms with E-state index in [9.17, 15) is 0 Å². The van der Waals surface area contributed by atoms with Gasteiger partial charge in [0.1, 0.15) is 0 Å². The van der Waals surface area contributed by atoms with Gasteiger partial charge in [-0.25, -0.2) is 0 Å². The van der Waals surface area contributed by atoms with Gasteiger partial charge in [0, 0.05) is 5.02 Å². The summed E-state index contributed by atoms with van der Waals surface area (Å²) in [5.74, 6) is 0. The van der Waals surface area contributed by atoms with Gasteiger partial charge < -0.3 is 0 Å². The Morgan fingerprint density at radius 2 is 1.67 bits per heavy atom. The molecule has 0 amide bonds. The van der Waals surface area contributed by atoms with E-state index in [-0.39, 0.29) is 0 Å². The van der Waals surface area contributed by atoms with E-state index in [0.717, 1.165) is 16.1 Å². The van der Waals surface area contributed by atoms with Gasteiger partial charge in [0.25, 0.3) is 0 Å². The standard InChI is InChI=1S/C13H8ClN/c14-13-6-4-11(5-7-13)12-3-1-2-10(8-12)9-15/h1-8H. The summed E-state index contributed by atoms with van der Waals surface area (Å²) in [5, 5.41) is 9.50. The number of hydrogen-bond donors (Lipinski definition) is 0. The highest BCUT2D eigenvalue weighted by Gasteiger charge is 1.98. The van der Waals surface area contributed by atoms with Gasteiger partial charge in [-0.2, -0.15) is 5.26 Å². The molecule has 0 saturated carbocycles. The normalized spacial score (nSPS) is 9.60. The number of halogens is 1. The summed E-state index contributed by atoms with van der Waals surface area (Å²) >= 11 is 5.81. The molecule has 0 bridgehead atoms. The lowest BCUT2D eigenvalue weighted by Crippen LogP contribution is -1.79. The molecule has 15 heavy (non-hydrogen) atoms. The van der Waals surface area contributed by atoms with Crippen LogP contribution in [-0.2, 0) is 0 Å². The van der Waals surface area contributed by atoms with Crippen LogP contribution in [0.15, 0.2) is 48.5 Å². The highest BCUT2D eigenvalue weighted by Crippen LogP contribution is 2.22. The Kier molecular flexibility index (Phi) is 2.71. The summed E-state index contributed by atoms with van der Waals surface area (Å²) in [6.45, 7) is 0. The van der Waals surface area contributed by atoms with Crippen molar-refractivity contribution >= 4 is 11.6 Å². The van der Waals surface area contributed by atoms with Crippen molar-refractivity contribution < 1.29 is 0 Å². The lowest BCUT2D eigenvalue weighted by Gasteiger charge is -2.01. The first kappa shape index (κ1) is 9.76. The van der Waals surface area contributed by atoms with Crippen molar-refractivity contribution in [2.75, 3.05) is 0 Å². The van der Waals surface area contributed by atoms with Crippen LogP contribution in [0.4, 0.5) is 0 Å². The molecule has 72 valence electrons. The van der Waals surface area contributed by atoms with Crippen molar-refractivity contribution in [3.63, 3.8) is 0 Å². The largest absolute Gasteiger partial charge is 0.192 e. The third-order valence-electron chi connectivity index (χ3n) is 2.17. The Balaban J connectivity index is 2.46. The second-order valence-corrected chi connectivity index (χ2v) is 3.64. The Bertz CT molecular complexity index is 509. The van der Waals surface area contributed by atoms with E-state index in [0.29, 0.717) is 5.56 Å². The van der Waals surface area contributed by atoms with Crippen molar-refractivity contribution in [3.8, 4) is 17.2 Å². The molecular weight excluding hydrogens is 206 g/mol. The van der Waals surface area contributed by atoms with Crippen LogP contribution in [-0.4, -0.2) is 0 Å². The first-order chi connectivity index (χ1) is 7.29. The monoisotopic (exact) mass is 213 g/mol. The fourth-order valence-corrected chi connectivity index (χ4v) is 1.54. The maximum absolute atomic E-state index is 8.78. The molecule has 2 heteroatoms. The van der Waals surface area contributed by atoms with E-state index in [2.05, 4.69) is 6.07 Å². The fraction of sp³-hybridized carbons (Fsp3) is 0. The molecule has 2 aromatic rings. The minimum absolute atomic E-state index is 0.669. The summed E-state index contributed by atoms with van der Waals surface area (Å²) < 4.78 is 0. The van der Waals surface area contributed by atoms with Gasteiger partial charge in [-0.15, -0.1) is 0 Å². The molecule has 1 nitrogen and oxygen atoms in total. The Morgan fingerprint density at radius 1 is 0.933 bits per heavy atom. The second-order valence-electron chi connectivity index (χ2n) is 3.20. The van der Waals surface area contributed by atoms with E-state index in [4.69, 9.17) is 16.9 Å². The van der Waals surface area contributed by atoms with Gasteiger partial charge in [0.2, 0.25) is 0 Å². The van der Waals surface area contributed by atoms with Gasteiger partial charge in [-0.05, 0) is 35.4 Å². The molecule has 0 atom stereocenters. The number of nitriles is 1. The predicted molar refractivity (Wildman–Crippen MR) is 61.6 cm³/mol. The smallest absolute Gasteiger partial charge is 0.0991 e. The molecule has 0 fully saturated rings. The topological polar surface area (TPSA) is 23.8 Å². The average molecular weight is 214 g/mol. The van der Waals surface area contributed by atoms with Crippen LogP contribution >= 0.6 is 11.6 Å². The molecule has 0 unspecified atom stereocenters. The highest BCUT2D eigenvalue weighted by atomic mass is 35.5. The second kappa shape index (κ2) is 4.16. The zero-order valence-electron chi connectivity index (χ0n) is 7.94. The maximum Gasteiger partial charge on any atom is 0.0991 e. The first-order valence-corrected chi connectivity index (χ1v) is 4.93. The van der Waals surface area contributed by atoms with Crippen LogP contribution < -0.4 is 0 Å². The summed E-state index contributed by atoms with van der Waals surface area (Å²) in [5.41, 5.74) is 2.77. The van der Waals surface area contributed by atoms with Gasteiger partial charge in [-0.3, -0.25) is 0 Å². The van der Waals surface area contributed by atoms with E-state index in [1.54, 1.807) is 6.07 Å². The quantitative estimate of drug-likeness (QED) is 0.705. The molecule has 0 spiro atoms. The minimum Gasteiger partial charge on any atom is -0.192 e. The van der Waals surface area contributed by atoms with E-state index in [1.807, 2.05) is 42.5 Å². The van der Waals surface area contributed by atoms with E-state index >= 15 is 0 Å². The minimum atomic E-state index is 0.669. The molecule has 0 aliphatic carbocycles. The molecule has 0 aromatic heterocycles. The molecule has 0 N–H and O–H groups in total. The molecule has 2 aromatic carbocycles. The number of benzene rings is 2.